The summed E-state index contributed by atoms with van der Waals surface area (Å²) in [5.74, 6) is 0.918. The molecule has 0 bridgehead atoms. The predicted molar refractivity (Wildman–Crippen MR) is 77.2 cm³/mol. The summed E-state index contributed by atoms with van der Waals surface area (Å²) in [6.45, 7) is 3.74. The molecule has 0 aliphatic heterocycles. The normalized spacial score (nSPS) is 10.8. The van der Waals surface area contributed by atoms with Gasteiger partial charge in [0.15, 0.2) is 0 Å². The van der Waals surface area contributed by atoms with Gasteiger partial charge in [0.05, 0.1) is 23.9 Å². The largest absolute Gasteiger partial charge is 0.370 e. The van der Waals surface area contributed by atoms with E-state index in [2.05, 4.69) is 38.9 Å². The Morgan fingerprint density at radius 3 is 2.79 bits per heavy atom. The van der Waals surface area contributed by atoms with Crippen molar-refractivity contribution >= 4 is 16.9 Å². The first-order valence-corrected chi connectivity index (χ1v) is 6.45. The second-order valence-electron chi connectivity index (χ2n) is 4.44. The van der Waals surface area contributed by atoms with Gasteiger partial charge in [-0.3, -0.25) is 0 Å². The Morgan fingerprint density at radius 1 is 1.11 bits per heavy atom. The second-order valence-corrected chi connectivity index (χ2v) is 4.44. The maximum atomic E-state index is 4.39. The van der Waals surface area contributed by atoms with Crippen LogP contribution in [0.1, 0.15) is 12.5 Å². The van der Waals surface area contributed by atoms with Crippen molar-refractivity contribution in [1.82, 2.24) is 14.5 Å². The van der Waals surface area contributed by atoms with Gasteiger partial charge in [-0.1, -0.05) is 18.2 Å². The van der Waals surface area contributed by atoms with Crippen LogP contribution in [0.3, 0.4) is 0 Å². The van der Waals surface area contributed by atoms with Crippen molar-refractivity contribution in [1.29, 1.82) is 0 Å². The van der Waals surface area contributed by atoms with Gasteiger partial charge >= 0.3 is 0 Å². The van der Waals surface area contributed by atoms with E-state index < -0.39 is 0 Å². The highest BCUT2D eigenvalue weighted by molar-refractivity contribution is 5.75. The smallest absolute Gasteiger partial charge is 0.125 e. The van der Waals surface area contributed by atoms with Gasteiger partial charge in [0.2, 0.25) is 0 Å². The van der Waals surface area contributed by atoms with E-state index in [0.717, 1.165) is 29.9 Å². The van der Waals surface area contributed by atoms with E-state index in [9.17, 15) is 0 Å². The minimum atomic E-state index is 0.792. The first-order valence-electron chi connectivity index (χ1n) is 6.45. The average Bonchev–Trinajstić information content (AvgIpc) is 2.85. The summed E-state index contributed by atoms with van der Waals surface area (Å²) < 4.78 is 2.14. The molecule has 1 aromatic carbocycles. The SMILES string of the molecule is CCNc1ccc(Cn2cnc3ccccc32)cn1. The van der Waals surface area contributed by atoms with Gasteiger partial charge in [-0.05, 0) is 30.7 Å². The van der Waals surface area contributed by atoms with Gasteiger partial charge in [-0.25, -0.2) is 9.97 Å². The Labute approximate surface area is 112 Å². The third kappa shape index (κ3) is 2.42. The lowest BCUT2D eigenvalue weighted by Gasteiger charge is -2.06. The van der Waals surface area contributed by atoms with E-state index in [-0.39, 0.29) is 0 Å². The number of hydrogen-bond donors (Lipinski definition) is 1. The van der Waals surface area contributed by atoms with Crippen LogP contribution in [0.2, 0.25) is 0 Å². The number of benzene rings is 1. The summed E-state index contributed by atoms with van der Waals surface area (Å²) >= 11 is 0. The van der Waals surface area contributed by atoms with Crippen molar-refractivity contribution in [2.45, 2.75) is 13.5 Å². The topological polar surface area (TPSA) is 42.7 Å². The quantitative estimate of drug-likeness (QED) is 0.776. The number of para-hydroxylation sites is 2. The number of aromatic nitrogens is 3. The number of nitrogens with zero attached hydrogens (tertiary/aromatic N) is 3. The third-order valence-corrected chi connectivity index (χ3v) is 3.06. The zero-order chi connectivity index (χ0) is 13.1. The maximum absolute atomic E-state index is 4.39. The Hall–Kier alpha value is -2.36. The maximum Gasteiger partial charge on any atom is 0.125 e. The fourth-order valence-corrected chi connectivity index (χ4v) is 2.14. The molecular formula is C15H16N4. The molecule has 0 saturated carbocycles. The number of pyridine rings is 1. The highest BCUT2D eigenvalue weighted by Gasteiger charge is 2.02. The lowest BCUT2D eigenvalue weighted by Crippen LogP contribution is -2.01. The summed E-state index contributed by atoms with van der Waals surface area (Å²) in [4.78, 5) is 8.78. The monoisotopic (exact) mass is 252 g/mol. The molecule has 0 spiro atoms. The molecule has 0 aliphatic rings. The fraction of sp³-hybridized carbons (Fsp3) is 0.200. The van der Waals surface area contributed by atoms with E-state index in [4.69, 9.17) is 0 Å². The van der Waals surface area contributed by atoms with Gasteiger partial charge in [0.1, 0.15) is 5.82 Å². The van der Waals surface area contributed by atoms with E-state index in [1.165, 1.54) is 5.56 Å². The van der Waals surface area contributed by atoms with E-state index in [1.54, 1.807) is 0 Å². The van der Waals surface area contributed by atoms with Crippen LogP contribution in [0.5, 0.6) is 0 Å². The van der Waals surface area contributed by atoms with E-state index in [0.29, 0.717) is 0 Å². The van der Waals surface area contributed by atoms with Crippen molar-refractivity contribution in [2.75, 3.05) is 11.9 Å². The summed E-state index contributed by atoms with van der Waals surface area (Å²) in [6.07, 6.45) is 3.79. The molecule has 19 heavy (non-hydrogen) atoms. The molecular weight excluding hydrogens is 236 g/mol. The average molecular weight is 252 g/mol. The first-order chi connectivity index (χ1) is 9.36. The van der Waals surface area contributed by atoms with Crippen LogP contribution in [0.4, 0.5) is 5.82 Å². The van der Waals surface area contributed by atoms with E-state index in [1.807, 2.05) is 36.8 Å². The standard InChI is InChI=1S/C15H16N4/c1-2-16-15-8-7-12(9-17-15)10-19-11-18-13-5-3-4-6-14(13)19/h3-9,11H,2,10H2,1H3,(H,16,17). The summed E-state index contributed by atoms with van der Waals surface area (Å²) in [7, 11) is 0. The third-order valence-electron chi connectivity index (χ3n) is 3.06. The summed E-state index contributed by atoms with van der Waals surface area (Å²) in [5.41, 5.74) is 3.35. The lowest BCUT2D eigenvalue weighted by molar-refractivity contribution is 0.820. The van der Waals surface area contributed by atoms with E-state index >= 15 is 0 Å². The van der Waals surface area contributed by atoms with Crippen molar-refractivity contribution in [3.63, 3.8) is 0 Å². The van der Waals surface area contributed by atoms with Gasteiger partial charge in [0.25, 0.3) is 0 Å². The van der Waals surface area contributed by atoms with Crippen LogP contribution in [0.25, 0.3) is 11.0 Å². The molecule has 0 saturated heterocycles. The van der Waals surface area contributed by atoms with Crippen LogP contribution < -0.4 is 5.32 Å². The molecule has 0 aliphatic carbocycles. The van der Waals surface area contributed by atoms with Gasteiger partial charge in [-0.2, -0.15) is 0 Å². The van der Waals surface area contributed by atoms with Gasteiger partial charge in [-0.15, -0.1) is 0 Å². The molecule has 4 heteroatoms. The molecule has 2 heterocycles. The summed E-state index contributed by atoms with van der Waals surface area (Å²) in [6, 6.07) is 12.3. The molecule has 2 aromatic heterocycles. The first kappa shape index (κ1) is 11.7. The molecule has 4 nitrogen and oxygen atoms in total. The van der Waals surface area contributed by atoms with Gasteiger partial charge < -0.3 is 9.88 Å². The molecule has 1 N–H and O–H groups in total. The number of hydrogen-bond acceptors (Lipinski definition) is 3. The predicted octanol–water partition coefficient (Wildman–Crippen LogP) is 2.91. The number of fused-ring (bicyclic) bond motifs is 1. The van der Waals surface area contributed by atoms with Gasteiger partial charge in [0, 0.05) is 12.7 Å². The molecule has 0 radical (unpaired) electrons. The second kappa shape index (κ2) is 5.10. The minimum Gasteiger partial charge on any atom is -0.370 e. The zero-order valence-corrected chi connectivity index (χ0v) is 10.9. The molecule has 0 unspecified atom stereocenters. The number of rotatable bonds is 4. The molecule has 96 valence electrons. The van der Waals surface area contributed by atoms with Crippen molar-refractivity contribution in [2.24, 2.45) is 0 Å². The van der Waals surface area contributed by atoms with Crippen LogP contribution in [0.15, 0.2) is 48.9 Å². The minimum absolute atomic E-state index is 0.792. The number of anilines is 1. The Morgan fingerprint density at radius 2 is 2.00 bits per heavy atom. The van der Waals surface area contributed by atoms with Crippen molar-refractivity contribution in [3.8, 4) is 0 Å². The van der Waals surface area contributed by atoms with Crippen LogP contribution >= 0.6 is 0 Å². The molecule has 3 aromatic rings. The lowest BCUT2D eigenvalue weighted by atomic mass is 10.2. The Bertz CT molecular complexity index is 670. The number of imidazole rings is 1. The van der Waals surface area contributed by atoms with Crippen LogP contribution in [-0.4, -0.2) is 21.1 Å². The fourth-order valence-electron chi connectivity index (χ4n) is 2.14. The van der Waals surface area contributed by atoms with Crippen molar-refractivity contribution in [3.05, 3.63) is 54.5 Å². The number of nitrogens with one attached hydrogen (secondary N) is 1. The molecule has 3 rings (SSSR count). The highest BCUT2D eigenvalue weighted by atomic mass is 15.0. The van der Waals surface area contributed by atoms with Crippen LogP contribution in [0, 0.1) is 0 Å². The Kier molecular flexibility index (Phi) is 3.14. The van der Waals surface area contributed by atoms with Crippen molar-refractivity contribution < 1.29 is 0 Å². The highest BCUT2D eigenvalue weighted by Crippen LogP contribution is 2.14. The zero-order valence-electron chi connectivity index (χ0n) is 10.9. The molecule has 0 amide bonds. The summed E-state index contributed by atoms with van der Waals surface area (Å²) in [5, 5.41) is 3.19. The Balaban J connectivity index is 1.84. The molecule has 0 fully saturated rings. The van der Waals surface area contributed by atoms with Crippen LogP contribution in [-0.2, 0) is 6.54 Å². The molecule has 0 atom stereocenters.